The fraction of sp³-hybridized carbons (Fsp3) is 0.927. The fourth-order valence-corrected chi connectivity index (χ4v) is 9.13. The molecule has 0 saturated carbocycles. The summed E-state index contributed by atoms with van der Waals surface area (Å²) >= 11 is 0. The van der Waals surface area contributed by atoms with Crippen molar-refractivity contribution in [2.45, 2.75) is 198 Å². The fourth-order valence-electron chi connectivity index (χ4n) is 9.13. The molecular weight excluding hydrogens is 986 g/mol. The Labute approximate surface area is 409 Å². The van der Waals surface area contributed by atoms with Crippen LogP contribution in [0.25, 0.3) is 0 Å². The first-order valence-electron chi connectivity index (χ1n) is 23.1. The van der Waals surface area contributed by atoms with Crippen LogP contribution in [-0.2, 0) is 61.6 Å². The van der Waals surface area contributed by atoms with Gasteiger partial charge in [0.05, 0.1) is 45.7 Å². The average molecular weight is 1060 g/mol. The van der Waals surface area contributed by atoms with Crippen molar-refractivity contribution in [3.05, 3.63) is 12.7 Å². The molecule has 6 rings (SSSR count). The number of hydrogen-bond donors (Lipinski definition) is 18. The molecule has 1 amide bonds. The lowest BCUT2D eigenvalue weighted by Gasteiger charge is -2.51. The van der Waals surface area contributed by atoms with Crippen molar-refractivity contribution in [1.82, 2.24) is 5.32 Å². The average Bonchev–Trinajstić information content (AvgIpc) is 3.36. The van der Waals surface area contributed by atoms with E-state index in [9.17, 15) is 91.6 Å². The number of rotatable bonds is 19. The molecule has 6 fully saturated rings. The molecule has 6 aliphatic rings. The quantitative estimate of drug-likeness (QED) is 0.0534. The molecule has 0 aromatic rings. The Morgan fingerprint density at radius 1 is 0.431 bits per heavy atom. The van der Waals surface area contributed by atoms with Gasteiger partial charge in [0.1, 0.15) is 140 Å². The van der Waals surface area contributed by atoms with Gasteiger partial charge >= 0.3 is 0 Å². The van der Waals surface area contributed by atoms with E-state index in [2.05, 4.69) is 11.9 Å². The van der Waals surface area contributed by atoms with E-state index in [1.807, 2.05) is 0 Å². The summed E-state index contributed by atoms with van der Waals surface area (Å²) in [4.78, 5) is 12.8. The molecule has 0 aliphatic carbocycles. The van der Waals surface area contributed by atoms with Gasteiger partial charge in [0.15, 0.2) is 37.7 Å². The number of ether oxygens (including phenoxy) is 12. The Bertz CT molecular complexity index is 1690. The predicted molar refractivity (Wildman–Crippen MR) is 223 cm³/mol. The lowest BCUT2D eigenvalue weighted by molar-refractivity contribution is -0.393. The van der Waals surface area contributed by atoms with Gasteiger partial charge in [0.2, 0.25) is 5.91 Å². The van der Waals surface area contributed by atoms with Crippen LogP contribution in [0, 0.1) is 0 Å². The molecule has 30 atom stereocenters. The highest BCUT2D eigenvalue weighted by Crippen LogP contribution is 2.37. The van der Waals surface area contributed by atoms with Crippen LogP contribution in [0.4, 0.5) is 0 Å². The molecular formula is C41H69NO30. The second-order valence-corrected chi connectivity index (χ2v) is 18.1. The van der Waals surface area contributed by atoms with Crippen LogP contribution >= 0.6 is 0 Å². The minimum absolute atomic E-state index is 0.111. The number of nitrogens with one attached hydrogen (secondary N) is 1. The first-order chi connectivity index (χ1) is 34.2. The van der Waals surface area contributed by atoms with Gasteiger partial charge in [-0.25, -0.2) is 0 Å². The normalized spacial score (nSPS) is 50.3. The summed E-state index contributed by atoms with van der Waals surface area (Å²) in [5.74, 6) is -0.859. The second-order valence-electron chi connectivity index (χ2n) is 18.1. The van der Waals surface area contributed by atoms with E-state index < -0.39 is 223 Å². The van der Waals surface area contributed by atoms with E-state index in [1.165, 1.54) is 13.0 Å². The van der Waals surface area contributed by atoms with E-state index >= 15 is 0 Å². The third-order valence-electron chi connectivity index (χ3n) is 13.2. The van der Waals surface area contributed by atoms with Crippen molar-refractivity contribution < 1.29 is 148 Å². The van der Waals surface area contributed by atoms with Crippen LogP contribution in [0.3, 0.4) is 0 Å². The van der Waals surface area contributed by atoms with Crippen molar-refractivity contribution >= 4 is 5.91 Å². The maximum absolute atomic E-state index is 12.8. The summed E-state index contributed by atoms with van der Waals surface area (Å²) in [6.07, 6.45) is -51.9. The van der Waals surface area contributed by atoms with Gasteiger partial charge in [-0.3, -0.25) is 4.79 Å². The van der Waals surface area contributed by atoms with E-state index in [0.717, 1.165) is 6.92 Å². The van der Waals surface area contributed by atoms with Gasteiger partial charge in [-0.15, -0.1) is 6.58 Å². The van der Waals surface area contributed by atoms with Crippen LogP contribution < -0.4 is 5.32 Å². The Morgan fingerprint density at radius 3 is 1.36 bits per heavy atom. The van der Waals surface area contributed by atoms with Gasteiger partial charge in [-0.2, -0.15) is 0 Å². The minimum Gasteiger partial charge on any atom is -0.394 e. The highest BCUT2D eigenvalue weighted by Gasteiger charge is 2.58. The zero-order chi connectivity index (χ0) is 53.0. The van der Waals surface area contributed by atoms with Crippen LogP contribution in [0.15, 0.2) is 12.7 Å². The third-order valence-corrected chi connectivity index (χ3v) is 13.2. The largest absolute Gasteiger partial charge is 0.394 e. The number of hydrogen-bond acceptors (Lipinski definition) is 30. The van der Waals surface area contributed by atoms with E-state index in [4.69, 9.17) is 56.8 Å². The number of aliphatic hydroxyl groups excluding tert-OH is 17. The van der Waals surface area contributed by atoms with Crippen LogP contribution in [0.2, 0.25) is 0 Å². The highest BCUT2D eigenvalue weighted by molar-refractivity contribution is 5.73. The molecule has 0 spiro atoms. The first kappa shape index (κ1) is 59.3. The number of carbonyl (C=O) groups excluding carboxylic acids is 1. The summed E-state index contributed by atoms with van der Waals surface area (Å²) in [7, 11) is 0. The Morgan fingerprint density at radius 2 is 0.819 bits per heavy atom. The van der Waals surface area contributed by atoms with Gasteiger partial charge in [-0.1, -0.05) is 6.08 Å². The molecule has 6 heterocycles. The van der Waals surface area contributed by atoms with E-state index in [1.54, 1.807) is 0 Å². The minimum atomic E-state index is -2.21. The smallest absolute Gasteiger partial charge is 0.217 e. The number of carbonyl (C=O) groups is 1. The molecule has 18 N–H and O–H groups in total. The zero-order valence-corrected chi connectivity index (χ0v) is 38.8. The molecule has 0 radical (unpaired) electrons. The van der Waals surface area contributed by atoms with Gasteiger partial charge in [0, 0.05) is 6.92 Å². The summed E-state index contributed by atoms with van der Waals surface area (Å²) in [5.41, 5.74) is 0. The maximum atomic E-state index is 12.8. The molecule has 6 aliphatic heterocycles. The van der Waals surface area contributed by atoms with Crippen molar-refractivity contribution in [3.63, 3.8) is 0 Å². The second kappa shape index (κ2) is 25.9. The predicted octanol–water partition coefficient (Wildman–Crippen LogP) is -11.7. The van der Waals surface area contributed by atoms with Crippen LogP contribution in [0.1, 0.15) is 13.8 Å². The zero-order valence-electron chi connectivity index (χ0n) is 38.8. The Kier molecular flexibility index (Phi) is 21.4. The Balaban J connectivity index is 1.22. The highest BCUT2D eigenvalue weighted by atomic mass is 16.8. The number of amides is 1. The molecule has 0 aromatic carbocycles. The van der Waals surface area contributed by atoms with E-state index in [-0.39, 0.29) is 6.61 Å². The van der Waals surface area contributed by atoms with Crippen molar-refractivity contribution in [1.29, 1.82) is 0 Å². The first-order valence-corrected chi connectivity index (χ1v) is 23.1. The summed E-state index contributed by atoms with van der Waals surface area (Å²) in [6.45, 7) is 0.912. The van der Waals surface area contributed by atoms with Gasteiger partial charge < -0.3 is 149 Å². The van der Waals surface area contributed by atoms with Gasteiger partial charge in [-0.05, 0) is 6.92 Å². The monoisotopic (exact) mass is 1060 g/mol. The molecule has 72 heavy (non-hydrogen) atoms. The summed E-state index contributed by atoms with van der Waals surface area (Å²) in [6, 6.07) is -1.78. The summed E-state index contributed by atoms with van der Waals surface area (Å²) < 4.78 is 68.5. The third kappa shape index (κ3) is 12.6. The molecule has 31 nitrogen and oxygen atoms in total. The van der Waals surface area contributed by atoms with Crippen molar-refractivity contribution in [3.8, 4) is 0 Å². The van der Waals surface area contributed by atoms with Crippen LogP contribution in [0.5, 0.6) is 0 Å². The van der Waals surface area contributed by atoms with Crippen LogP contribution in [-0.4, -0.2) is 317 Å². The molecule has 0 bridgehead atoms. The molecule has 31 heteroatoms. The van der Waals surface area contributed by atoms with Crippen molar-refractivity contribution in [2.75, 3.05) is 39.6 Å². The van der Waals surface area contributed by atoms with Crippen molar-refractivity contribution in [2.24, 2.45) is 0 Å². The lowest BCUT2D eigenvalue weighted by atomic mass is 9.94. The van der Waals surface area contributed by atoms with Gasteiger partial charge in [0.25, 0.3) is 0 Å². The SMILES string of the molecule is C=CCO[C@@H]1OC(CO)[C@@H](O[C@@H]2OC(CO)[C@H](O[C@@H]3OC(CO)[C@H](O)C(O[C@@H]4OC(CO)[C@H](O)C(O[C@@H]5OC(CO)[C@H](O)C(O)C5O[C@@H]5OC(C)[C@@H](O)C(O)C5O)C4NC(C)=O)C3O)C(O)C2O)C(O)C1O. The summed E-state index contributed by atoms with van der Waals surface area (Å²) in [5, 5.41) is 186. The topological polar surface area (TPSA) is 484 Å². The Hall–Kier alpha value is -1.95. The molecule has 418 valence electrons. The number of aliphatic hydroxyl groups is 17. The molecule has 18 unspecified atom stereocenters. The maximum Gasteiger partial charge on any atom is 0.217 e. The molecule has 0 aromatic heterocycles. The van der Waals surface area contributed by atoms with E-state index in [0.29, 0.717) is 0 Å². The lowest BCUT2D eigenvalue weighted by Crippen LogP contribution is -2.70. The standard InChI is InChI=1S/C41H69NO30/c1-4-5-61-37-28(58)25(55)31(16(9-46)66-37)68-39-29(59)26(56)32(17(10-47)67-39)69-40-30(60)34(22(52)15(8-45)64-40)71-36-18(42-12(3)48)33(21(51)14(7-44)63-36)70-41-35(24(54)20(50)13(6-43)65-41)72-38-27(57)23(53)19(49)11(2)62-38/h4,11,13-41,43-47,49-60H,1,5-10H2,2-3H3,(H,42,48)/t11?,13?,14?,15?,16?,17?,18?,19-,20+,21+,22+,23?,24?,25?,26?,27?,28?,29?,30?,31-,32+,33?,34?,35?,36+,37-,38+,39+,40+,41+/m1/s1. The molecule has 6 saturated heterocycles.